The second-order valence-electron chi connectivity index (χ2n) is 7.08. The summed E-state index contributed by atoms with van der Waals surface area (Å²) in [7, 11) is 1.06. The lowest BCUT2D eigenvalue weighted by Crippen LogP contribution is -2.33. The predicted octanol–water partition coefficient (Wildman–Crippen LogP) is 2.35. The van der Waals surface area contributed by atoms with Crippen LogP contribution in [-0.4, -0.2) is 56.6 Å². The molecular weight excluding hydrogens is 390 g/mol. The largest absolute Gasteiger partial charge is 0.355 e. The Morgan fingerprint density at radius 2 is 1.62 bits per heavy atom. The molecule has 2 amide bonds. The van der Waals surface area contributed by atoms with E-state index in [0.717, 1.165) is 5.56 Å². The van der Waals surface area contributed by atoms with Crippen LogP contribution in [0, 0.1) is 0 Å². The fraction of sp³-hybridized carbons (Fsp3) is 0.333. The van der Waals surface area contributed by atoms with Crippen molar-refractivity contribution in [2.24, 2.45) is 0 Å². The molecule has 0 saturated heterocycles. The number of benzene rings is 2. The average molecular weight is 418 g/mol. The topological polar surface area (TPSA) is 86.8 Å². The summed E-state index contributed by atoms with van der Waals surface area (Å²) < 4.78 is 26.7. The number of hydrogen-bond acceptors (Lipinski definition) is 4. The SMILES string of the molecule is CNC(=O)c1ccc(CN(C)C(=O)c2cccc(S(=O)(=O)N(C)C(C)C)c2)cc1. The Balaban J connectivity index is 2.19. The molecule has 0 aliphatic rings. The van der Waals surface area contributed by atoms with Gasteiger partial charge in [-0.05, 0) is 49.7 Å². The number of carbonyl (C=O) groups is 2. The minimum atomic E-state index is -3.67. The van der Waals surface area contributed by atoms with Crippen LogP contribution in [0.3, 0.4) is 0 Å². The number of nitrogens with one attached hydrogen (secondary N) is 1. The molecule has 0 bridgehead atoms. The molecule has 8 heteroatoms. The minimum Gasteiger partial charge on any atom is -0.355 e. The van der Waals surface area contributed by atoms with Gasteiger partial charge in [-0.3, -0.25) is 9.59 Å². The van der Waals surface area contributed by atoms with Gasteiger partial charge in [0.05, 0.1) is 4.90 Å². The highest BCUT2D eigenvalue weighted by Crippen LogP contribution is 2.19. The first-order valence-electron chi connectivity index (χ1n) is 9.22. The molecule has 0 atom stereocenters. The van der Waals surface area contributed by atoms with Gasteiger partial charge >= 0.3 is 0 Å². The molecule has 0 radical (unpaired) electrons. The van der Waals surface area contributed by atoms with Crippen molar-refractivity contribution >= 4 is 21.8 Å². The minimum absolute atomic E-state index is 0.0860. The standard InChI is InChI=1S/C21H27N3O4S/c1-15(2)24(5)29(27,28)19-8-6-7-18(13-19)21(26)23(4)14-16-9-11-17(12-10-16)20(25)22-3/h6-13,15H,14H2,1-5H3,(H,22,25). The van der Waals surface area contributed by atoms with Crippen molar-refractivity contribution in [3.63, 3.8) is 0 Å². The van der Waals surface area contributed by atoms with E-state index in [2.05, 4.69) is 5.32 Å². The van der Waals surface area contributed by atoms with E-state index >= 15 is 0 Å². The van der Waals surface area contributed by atoms with Gasteiger partial charge in [0.25, 0.3) is 11.8 Å². The third-order valence-corrected chi connectivity index (χ3v) is 6.72. The third-order valence-electron chi connectivity index (χ3n) is 4.69. The number of amides is 2. The molecule has 0 aliphatic carbocycles. The zero-order valence-corrected chi connectivity index (χ0v) is 18.2. The van der Waals surface area contributed by atoms with Crippen LogP contribution in [0.2, 0.25) is 0 Å². The van der Waals surface area contributed by atoms with Crippen LogP contribution in [-0.2, 0) is 16.6 Å². The summed E-state index contributed by atoms with van der Waals surface area (Å²) in [6.07, 6.45) is 0. The maximum atomic E-state index is 12.8. The highest BCUT2D eigenvalue weighted by Gasteiger charge is 2.24. The van der Waals surface area contributed by atoms with Crippen LogP contribution >= 0.6 is 0 Å². The molecular formula is C21H27N3O4S. The summed E-state index contributed by atoms with van der Waals surface area (Å²) in [6, 6.07) is 12.8. The average Bonchev–Trinajstić information content (AvgIpc) is 2.72. The summed E-state index contributed by atoms with van der Waals surface area (Å²) in [5, 5.41) is 2.56. The van der Waals surface area contributed by atoms with Crippen molar-refractivity contribution in [1.82, 2.24) is 14.5 Å². The molecule has 2 rings (SSSR count). The van der Waals surface area contributed by atoms with Crippen LogP contribution in [0.15, 0.2) is 53.4 Å². The van der Waals surface area contributed by atoms with E-state index in [1.807, 2.05) is 0 Å². The molecule has 156 valence electrons. The third kappa shape index (κ3) is 5.21. The van der Waals surface area contributed by atoms with E-state index in [0.29, 0.717) is 17.7 Å². The molecule has 0 saturated carbocycles. The fourth-order valence-electron chi connectivity index (χ4n) is 2.71. The maximum absolute atomic E-state index is 12.8. The van der Waals surface area contributed by atoms with Gasteiger partial charge in [0.15, 0.2) is 0 Å². The maximum Gasteiger partial charge on any atom is 0.253 e. The Morgan fingerprint density at radius 1 is 1.00 bits per heavy atom. The van der Waals surface area contributed by atoms with Gasteiger partial charge < -0.3 is 10.2 Å². The van der Waals surface area contributed by atoms with E-state index in [1.165, 1.54) is 28.4 Å². The van der Waals surface area contributed by atoms with Gasteiger partial charge in [-0.25, -0.2) is 8.42 Å². The number of sulfonamides is 1. The predicted molar refractivity (Wildman–Crippen MR) is 112 cm³/mol. The molecule has 0 aromatic heterocycles. The lowest BCUT2D eigenvalue weighted by molar-refractivity contribution is 0.0784. The van der Waals surface area contributed by atoms with Crippen LogP contribution in [0.5, 0.6) is 0 Å². The lowest BCUT2D eigenvalue weighted by atomic mass is 10.1. The van der Waals surface area contributed by atoms with Crippen LogP contribution in [0.4, 0.5) is 0 Å². The van der Waals surface area contributed by atoms with Gasteiger partial charge in [0.2, 0.25) is 10.0 Å². The van der Waals surface area contributed by atoms with E-state index in [4.69, 9.17) is 0 Å². The highest BCUT2D eigenvalue weighted by atomic mass is 32.2. The summed E-state index contributed by atoms with van der Waals surface area (Å²) in [6.45, 7) is 3.90. The van der Waals surface area contributed by atoms with Gasteiger partial charge in [-0.2, -0.15) is 4.31 Å². The van der Waals surface area contributed by atoms with E-state index < -0.39 is 10.0 Å². The number of carbonyl (C=O) groups excluding carboxylic acids is 2. The summed E-state index contributed by atoms with van der Waals surface area (Å²) in [5.74, 6) is -0.463. The van der Waals surface area contributed by atoms with Gasteiger partial charge in [-0.1, -0.05) is 18.2 Å². The second kappa shape index (κ2) is 9.19. The molecule has 1 N–H and O–H groups in total. The molecule has 0 aliphatic heterocycles. The Labute approximate surface area is 172 Å². The molecule has 2 aromatic rings. The van der Waals surface area contributed by atoms with Crippen molar-refractivity contribution in [1.29, 1.82) is 0 Å². The first-order chi connectivity index (χ1) is 13.6. The second-order valence-corrected chi connectivity index (χ2v) is 9.08. The van der Waals surface area contributed by atoms with Crippen molar-refractivity contribution in [3.05, 3.63) is 65.2 Å². The normalized spacial score (nSPS) is 11.6. The highest BCUT2D eigenvalue weighted by molar-refractivity contribution is 7.89. The zero-order valence-electron chi connectivity index (χ0n) is 17.3. The number of hydrogen-bond donors (Lipinski definition) is 1. The lowest BCUT2D eigenvalue weighted by Gasteiger charge is -2.22. The van der Waals surface area contributed by atoms with Gasteiger partial charge in [-0.15, -0.1) is 0 Å². The smallest absolute Gasteiger partial charge is 0.253 e. The first kappa shape index (κ1) is 22.6. The molecule has 0 spiro atoms. The van der Waals surface area contributed by atoms with Gasteiger partial charge in [0, 0.05) is 44.9 Å². The molecule has 0 unspecified atom stereocenters. The molecule has 0 fully saturated rings. The quantitative estimate of drug-likeness (QED) is 0.749. The number of rotatable bonds is 7. The first-order valence-corrected chi connectivity index (χ1v) is 10.7. The van der Waals surface area contributed by atoms with Crippen molar-refractivity contribution in [2.75, 3.05) is 21.1 Å². The van der Waals surface area contributed by atoms with E-state index in [1.54, 1.807) is 64.3 Å². The molecule has 29 heavy (non-hydrogen) atoms. The Bertz CT molecular complexity index is 985. The van der Waals surface area contributed by atoms with E-state index in [9.17, 15) is 18.0 Å². The Kier molecular flexibility index (Phi) is 7.16. The van der Waals surface area contributed by atoms with Gasteiger partial charge in [0.1, 0.15) is 0 Å². The summed E-state index contributed by atoms with van der Waals surface area (Å²) in [5.41, 5.74) is 1.70. The zero-order chi connectivity index (χ0) is 21.8. The Hall–Kier alpha value is -2.71. The van der Waals surface area contributed by atoms with Crippen LogP contribution in [0.1, 0.15) is 40.1 Å². The van der Waals surface area contributed by atoms with Crippen molar-refractivity contribution < 1.29 is 18.0 Å². The van der Waals surface area contributed by atoms with E-state index in [-0.39, 0.29) is 22.8 Å². The van der Waals surface area contributed by atoms with Crippen LogP contribution < -0.4 is 5.32 Å². The Morgan fingerprint density at radius 3 is 2.17 bits per heavy atom. The van der Waals surface area contributed by atoms with Crippen molar-refractivity contribution in [2.45, 2.75) is 31.3 Å². The number of nitrogens with zero attached hydrogens (tertiary/aromatic N) is 2. The molecule has 0 heterocycles. The monoisotopic (exact) mass is 417 g/mol. The van der Waals surface area contributed by atoms with Crippen LogP contribution in [0.25, 0.3) is 0 Å². The summed E-state index contributed by atoms with van der Waals surface area (Å²) in [4.78, 5) is 26.0. The summed E-state index contributed by atoms with van der Waals surface area (Å²) >= 11 is 0. The van der Waals surface area contributed by atoms with Crippen molar-refractivity contribution in [3.8, 4) is 0 Å². The molecule has 7 nitrogen and oxygen atoms in total. The fourth-order valence-corrected chi connectivity index (χ4v) is 4.12. The molecule has 2 aromatic carbocycles.